The van der Waals surface area contributed by atoms with Gasteiger partial charge in [-0.05, 0) is 38.3 Å². The predicted molar refractivity (Wildman–Crippen MR) is 78.5 cm³/mol. The highest BCUT2D eigenvalue weighted by Gasteiger charge is 2.20. The summed E-state index contributed by atoms with van der Waals surface area (Å²) in [4.78, 5) is 9.29. The normalized spacial score (nSPS) is 17.6. The minimum atomic E-state index is -0.0732. The molecule has 0 saturated heterocycles. The van der Waals surface area contributed by atoms with E-state index < -0.39 is 0 Å². The van der Waals surface area contributed by atoms with Crippen molar-refractivity contribution in [2.24, 2.45) is 5.92 Å². The predicted octanol–water partition coefficient (Wildman–Crippen LogP) is 4.23. The molecule has 2 heterocycles. The van der Waals surface area contributed by atoms with Crippen LogP contribution in [0.3, 0.4) is 0 Å². The van der Waals surface area contributed by atoms with Gasteiger partial charge in [0.25, 0.3) is 0 Å². The summed E-state index contributed by atoms with van der Waals surface area (Å²) in [5.41, 5.74) is 2.98. The Morgan fingerprint density at radius 1 is 1.37 bits per heavy atom. The van der Waals surface area contributed by atoms with E-state index >= 15 is 0 Å². The van der Waals surface area contributed by atoms with Gasteiger partial charge in [-0.1, -0.05) is 19.3 Å². The molecule has 0 radical (unpaired) electrons. The summed E-state index contributed by atoms with van der Waals surface area (Å²) in [5.74, 6) is 1.84. The quantitative estimate of drug-likeness (QED) is 0.783. The van der Waals surface area contributed by atoms with Crippen LogP contribution in [0.5, 0.6) is 0 Å². The number of alkyl halides is 1. The number of hydrogen-bond acceptors (Lipinski definition) is 2. The SMILES string of the molecule is Cc1ccc2nc(C(C)Cl)n(CCC3CCC3)c2n1. The lowest BCUT2D eigenvalue weighted by molar-refractivity contribution is 0.282. The molecule has 2 aromatic rings. The van der Waals surface area contributed by atoms with Crippen molar-refractivity contribution in [3.8, 4) is 0 Å². The number of nitrogens with zero attached hydrogens (tertiary/aromatic N) is 3. The van der Waals surface area contributed by atoms with E-state index in [-0.39, 0.29) is 5.38 Å². The topological polar surface area (TPSA) is 30.7 Å². The first-order chi connectivity index (χ1) is 9.15. The fourth-order valence-corrected chi connectivity index (χ4v) is 2.90. The first-order valence-electron chi connectivity index (χ1n) is 7.13. The van der Waals surface area contributed by atoms with E-state index in [0.29, 0.717) is 0 Å². The standard InChI is InChI=1S/C15H20ClN3/c1-10-6-7-13-15(17-10)19(14(18-13)11(2)16)9-8-12-4-3-5-12/h6-7,11-12H,3-5,8-9H2,1-2H3. The van der Waals surface area contributed by atoms with Crippen LogP contribution in [-0.4, -0.2) is 14.5 Å². The van der Waals surface area contributed by atoms with Gasteiger partial charge in [0.15, 0.2) is 5.65 Å². The number of fused-ring (bicyclic) bond motifs is 1. The van der Waals surface area contributed by atoms with Crippen molar-refractivity contribution in [3.63, 3.8) is 0 Å². The molecule has 0 N–H and O–H groups in total. The molecule has 1 fully saturated rings. The summed E-state index contributed by atoms with van der Waals surface area (Å²) in [5, 5.41) is -0.0732. The zero-order chi connectivity index (χ0) is 13.4. The summed E-state index contributed by atoms with van der Waals surface area (Å²) in [6.07, 6.45) is 5.37. The number of aryl methyl sites for hydroxylation is 2. The molecule has 19 heavy (non-hydrogen) atoms. The van der Waals surface area contributed by atoms with Gasteiger partial charge in [0.2, 0.25) is 0 Å². The molecule has 0 aromatic carbocycles. The van der Waals surface area contributed by atoms with E-state index in [4.69, 9.17) is 11.6 Å². The molecule has 2 aromatic heterocycles. The first-order valence-corrected chi connectivity index (χ1v) is 7.56. The largest absolute Gasteiger partial charge is 0.311 e. The maximum atomic E-state index is 6.27. The highest BCUT2D eigenvalue weighted by Crippen LogP contribution is 2.31. The van der Waals surface area contributed by atoms with Crippen LogP contribution in [0.2, 0.25) is 0 Å². The van der Waals surface area contributed by atoms with Crippen LogP contribution in [0.25, 0.3) is 11.2 Å². The number of halogens is 1. The number of aromatic nitrogens is 3. The molecule has 1 aliphatic carbocycles. The fourth-order valence-electron chi connectivity index (χ4n) is 2.73. The third kappa shape index (κ3) is 2.48. The smallest absolute Gasteiger partial charge is 0.160 e. The zero-order valence-corrected chi connectivity index (χ0v) is 12.3. The van der Waals surface area contributed by atoms with Crippen molar-refractivity contribution < 1.29 is 0 Å². The van der Waals surface area contributed by atoms with Crippen LogP contribution in [0.15, 0.2) is 12.1 Å². The molecule has 1 atom stereocenters. The van der Waals surface area contributed by atoms with Crippen molar-refractivity contribution >= 4 is 22.8 Å². The number of imidazole rings is 1. The van der Waals surface area contributed by atoms with Crippen LogP contribution in [0.1, 0.15) is 49.5 Å². The van der Waals surface area contributed by atoms with E-state index in [0.717, 1.165) is 35.1 Å². The van der Waals surface area contributed by atoms with Crippen LogP contribution in [0.4, 0.5) is 0 Å². The molecule has 0 spiro atoms. The van der Waals surface area contributed by atoms with Crippen molar-refractivity contribution in [1.29, 1.82) is 0 Å². The molecule has 1 unspecified atom stereocenters. The molecule has 3 nitrogen and oxygen atoms in total. The first kappa shape index (κ1) is 12.9. The molecule has 1 aliphatic rings. The second-order valence-corrected chi connectivity index (χ2v) is 6.27. The average molecular weight is 278 g/mol. The van der Waals surface area contributed by atoms with E-state index in [1.807, 2.05) is 26.0 Å². The Kier molecular flexibility index (Phi) is 3.48. The minimum Gasteiger partial charge on any atom is -0.311 e. The Hall–Kier alpha value is -1.09. The summed E-state index contributed by atoms with van der Waals surface area (Å²) in [6, 6.07) is 4.05. The molecule has 0 bridgehead atoms. The number of hydrogen-bond donors (Lipinski definition) is 0. The lowest BCUT2D eigenvalue weighted by Gasteiger charge is -2.25. The maximum absolute atomic E-state index is 6.27. The summed E-state index contributed by atoms with van der Waals surface area (Å²) in [6.45, 7) is 4.99. The van der Waals surface area contributed by atoms with Crippen molar-refractivity contribution in [3.05, 3.63) is 23.7 Å². The highest BCUT2D eigenvalue weighted by molar-refractivity contribution is 6.20. The van der Waals surface area contributed by atoms with Crippen molar-refractivity contribution in [2.75, 3.05) is 0 Å². The van der Waals surface area contributed by atoms with Crippen LogP contribution in [0, 0.1) is 12.8 Å². The van der Waals surface area contributed by atoms with Gasteiger partial charge in [-0.15, -0.1) is 11.6 Å². The van der Waals surface area contributed by atoms with E-state index in [2.05, 4.69) is 14.5 Å². The minimum absolute atomic E-state index is 0.0732. The Morgan fingerprint density at radius 2 is 2.16 bits per heavy atom. The van der Waals surface area contributed by atoms with Gasteiger partial charge in [0.05, 0.1) is 5.38 Å². The molecular weight excluding hydrogens is 258 g/mol. The Morgan fingerprint density at radius 3 is 2.79 bits per heavy atom. The second kappa shape index (κ2) is 5.12. The van der Waals surface area contributed by atoms with Gasteiger partial charge in [-0.2, -0.15) is 0 Å². The number of pyridine rings is 1. The second-order valence-electron chi connectivity index (χ2n) is 5.62. The van der Waals surface area contributed by atoms with Gasteiger partial charge < -0.3 is 4.57 Å². The van der Waals surface area contributed by atoms with Crippen molar-refractivity contribution in [2.45, 2.75) is 51.5 Å². The van der Waals surface area contributed by atoms with Gasteiger partial charge in [-0.25, -0.2) is 9.97 Å². The molecule has 1 saturated carbocycles. The molecule has 0 amide bonds. The zero-order valence-electron chi connectivity index (χ0n) is 11.6. The summed E-state index contributed by atoms with van der Waals surface area (Å²) >= 11 is 6.27. The highest BCUT2D eigenvalue weighted by atomic mass is 35.5. The van der Waals surface area contributed by atoms with E-state index in [9.17, 15) is 0 Å². The van der Waals surface area contributed by atoms with Gasteiger partial charge in [0, 0.05) is 12.2 Å². The summed E-state index contributed by atoms with van der Waals surface area (Å²) in [7, 11) is 0. The number of rotatable bonds is 4. The van der Waals surface area contributed by atoms with Crippen LogP contribution < -0.4 is 0 Å². The molecule has 102 valence electrons. The average Bonchev–Trinajstić information content (AvgIpc) is 2.66. The molecule has 4 heteroatoms. The van der Waals surface area contributed by atoms with Crippen molar-refractivity contribution in [1.82, 2.24) is 14.5 Å². The third-order valence-electron chi connectivity index (χ3n) is 4.10. The van der Waals surface area contributed by atoms with Gasteiger partial charge in [-0.3, -0.25) is 0 Å². The Bertz CT molecular complexity index is 584. The lowest BCUT2D eigenvalue weighted by Crippen LogP contribution is -2.15. The molecular formula is C15H20ClN3. The Balaban J connectivity index is 1.96. The van der Waals surface area contributed by atoms with Gasteiger partial charge >= 0.3 is 0 Å². The van der Waals surface area contributed by atoms with Crippen LogP contribution in [-0.2, 0) is 6.54 Å². The fraction of sp³-hybridized carbons (Fsp3) is 0.600. The van der Waals surface area contributed by atoms with E-state index in [1.165, 1.54) is 25.7 Å². The monoisotopic (exact) mass is 277 g/mol. The van der Waals surface area contributed by atoms with Gasteiger partial charge in [0.1, 0.15) is 11.3 Å². The summed E-state index contributed by atoms with van der Waals surface area (Å²) < 4.78 is 2.22. The van der Waals surface area contributed by atoms with Crippen LogP contribution >= 0.6 is 11.6 Å². The maximum Gasteiger partial charge on any atom is 0.160 e. The molecule has 0 aliphatic heterocycles. The third-order valence-corrected chi connectivity index (χ3v) is 4.30. The van der Waals surface area contributed by atoms with E-state index in [1.54, 1.807) is 0 Å². The lowest BCUT2D eigenvalue weighted by atomic mass is 9.83. The Labute approximate surface area is 119 Å². The molecule has 3 rings (SSSR count).